The molecule has 33 heavy (non-hydrogen) atoms. The summed E-state index contributed by atoms with van der Waals surface area (Å²) in [4.78, 5) is 30.0. The molecule has 0 amide bonds. The molecule has 0 spiro atoms. The molecule has 2 aromatic carbocycles. The van der Waals surface area contributed by atoms with Crippen molar-refractivity contribution in [2.45, 2.75) is 5.92 Å². The summed E-state index contributed by atoms with van der Waals surface area (Å²) in [7, 11) is 0. The first-order valence-corrected chi connectivity index (χ1v) is 9.45. The van der Waals surface area contributed by atoms with Gasteiger partial charge in [0, 0.05) is 48.0 Å². The molecule has 3 heterocycles. The second kappa shape index (κ2) is 9.72. The standard InChI is InChI=1S/C24H15NO6.La.H2O/c26-21-14-7-1-3-9-16(14)30-23(28)19(21)18(13-6-5-11-25-12-13)20-22(27)15-8-2-4-10-17(15)31-24(20)29;;/h1-12,18,26-27H;;1H2. The van der Waals surface area contributed by atoms with Crippen LogP contribution in [0.4, 0.5) is 0 Å². The molecule has 4 N–H and O–H groups in total. The second-order valence-corrected chi connectivity index (χ2v) is 7.02. The first kappa shape index (κ1) is 24.4. The SMILES string of the molecule is O.O=c1oc2ccccc2c(O)c1C(c1cccnc1)c1c(O)c2ccccc2oc1=O.[La]. The van der Waals surface area contributed by atoms with E-state index in [1.165, 1.54) is 12.4 Å². The summed E-state index contributed by atoms with van der Waals surface area (Å²) < 4.78 is 10.8. The predicted octanol–water partition coefficient (Wildman–Crippen LogP) is 3.06. The molecule has 0 saturated heterocycles. The number of aromatic nitrogens is 1. The molecule has 5 rings (SSSR count). The summed E-state index contributed by atoms with van der Waals surface area (Å²) in [5.41, 5.74) is -1.25. The van der Waals surface area contributed by atoms with E-state index in [9.17, 15) is 19.8 Å². The van der Waals surface area contributed by atoms with Gasteiger partial charge in [-0.25, -0.2) is 9.59 Å². The van der Waals surface area contributed by atoms with Gasteiger partial charge in [0.15, 0.2) is 0 Å². The Morgan fingerprint density at radius 2 is 1.21 bits per heavy atom. The van der Waals surface area contributed by atoms with Crippen molar-refractivity contribution in [2.24, 2.45) is 0 Å². The molecule has 0 aliphatic heterocycles. The number of hydrogen-bond donors (Lipinski definition) is 2. The number of fused-ring (bicyclic) bond motifs is 2. The Morgan fingerprint density at radius 3 is 1.67 bits per heavy atom. The van der Waals surface area contributed by atoms with E-state index in [1.54, 1.807) is 60.7 Å². The Hall–Kier alpha value is -3.24. The van der Waals surface area contributed by atoms with Gasteiger partial charge in [0.05, 0.1) is 27.8 Å². The van der Waals surface area contributed by atoms with Crippen molar-refractivity contribution in [2.75, 3.05) is 0 Å². The molecule has 8 nitrogen and oxygen atoms in total. The maximum atomic E-state index is 13.0. The minimum atomic E-state index is -1.17. The molecular weight excluding hydrogens is 553 g/mol. The monoisotopic (exact) mass is 570 g/mol. The average molecular weight is 570 g/mol. The number of hydrogen-bond acceptors (Lipinski definition) is 7. The quantitative estimate of drug-likeness (QED) is 0.317. The summed E-state index contributed by atoms with van der Waals surface area (Å²) in [6.45, 7) is 0. The van der Waals surface area contributed by atoms with Gasteiger partial charge in [-0.05, 0) is 35.9 Å². The average Bonchev–Trinajstić information content (AvgIpc) is 2.78. The van der Waals surface area contributed by atoms with Crippen LogP contribution in [0.2, 0.25) is 0 Å². The van der Waals surface area contributed by atoms with Crippen molar-refractivity contribution in [3.63, 3.8) is 0 Å². The normalized spacial score (nSPS) is 10.7. The van der Waals surface area contributed by atoms with Gasteiger partial charge in [-0.1, -0.05) is 30.3 Å². The molecule has 0 bridgehead atoms. The van der Waals surface area contributed by atoms with Crippen molar-refractivity contribution in [1.82, 2.24) is 4.98 Å². The smallest absolute Gasteiger partial charge is 0.344 e. The van der Waals surface area contributed by atoms with Crippen LogP contribution in [0.5, 0.6) is 11.5 Å². The van der Waals surface area contributed by atoms with Crippen LogP contribution in [0.15, 0.2) is 91.5 Å². The van der Waals surface area contributed by atoms with E-state index in [2.05, 4.69) is 4.98 Å². The van der Waals surface area contributed by atoms with Crippen molar-refractivity contribution in [3.05, 3.63) is 111 Å². The summed E-state index contributed by atoms with van der Waals surface area (Å²) >= 11 is 0. The number of para-hydroxylation sites is 2. The molecule has 1 radical (unpaired) electrons. The zero-order valence-electron chi connectivity index (χ0n) is 17.1. The third-order valence-corrected chi connectivity index (χ3v) is 5.23. The Kier molecular flexibility index (Phi) is 7.19. The molecular formula is C24H17LaNO7. The van der Waals surface area contributed by atoms with E-state index in [0.717, 1.165) is 0 Å². The Bertz CT molecular complexity index is 1460. The molecule has 163 valence electrons. The Morgan fingerprint density at radius 1 is 0.727 bits per heavy atom. The number of benzene rings is 2. The number of rotatable bonds is 3. The van der Waals surface area contributed by atoms with E-state index < -0.39 is 17.2 Å². The fourth-order valence-corrected chi connectivity index (χ4v) is 3.83. The molecule has 0 aliphatic carbocycles. The van der Waals surface area contributed by atoms with Crippen LogP contribution in [0.25, 0.3) is 21.9 Å². The Labute approximate surface area is 214 Å². The molecule has 0 fully saturated rings. The molecule has 0 unspecified atom stereocenters. The van der Waals surface area contributed by atoms with Crippen LogP contribution in [-0.4, -0.2) is 20.7 Å². The van der Waals surface area contributed by atoms with Crippen LogP contribution in [0, 0.1) is 35.6 Å². The first-order valence-electron chi connectivity index (χ1n) is 9.45. The molecule has 3 aromatic heterocycles. The minimum Gasteiger partial charge on any atom is -0.507 e. The van der Waals surface area contributed by atoms with Crippen molar-refractivity contribution >= 4 is 21.9 Å². The molecule has 5 aromatic rings. The molecule has 0 aliphatic rings. The van der Waals surface area contributed by atoms with Crippen molar-refractivity contribution in [3.8, 4) is 11.5 Å². The van der Waals surface area contributed by atoms with Crippen LogP contribution >= 0.6 is 0 Å². The molecule has 0 atom stereocenters. The maximum Gasteiger partial charge on any atom is 0.344 e. The van der Waals surface area contributed by atoms with E-state index in [0.29, 0.717) is 16.3 Å². The third kappa shape index (κ3) is 4.11. The van der Waals surface area contributed by atoms with Gasteiger partial charge < -0.3 is 24.5 Å². The first-order chi connectivity index (χ1) is 15.1. The maximum absolute atomic E-state index is 13.0. The van der Waals surface area contributed by atoms with E-state index in [4.69, 9.17) is 8.83 Å². The Balaban J connectivity index is 0.00000153. The van der Waals surface area contributed by atoms with Gasteiger partial charge in [-0.2, -0.15) is 0 Å². The zero-order valence-corrected chi connectivity index (χ0v) is 20.7. The van der Waals surface area contributed by atoms with Crippen LogP contribution in [0.3, 0.4) is 0 Å². The van der Waals surface area contributed by atoms with Gasteiger partial charge in [-0.3, -0.25) is 4.98 Å². The summed E-state index contributed by atoms with van der Waals surface area (Å²) in [5, 5.41) is 22.7. The molecule has 9 heteroatoms. The van der Waals surface area contributed by atoms with Crippen LogP contribution < -0.4 is 11.3 Å². The summed E-state index contributed by atoms with van der Waals surface area (Å²) in [5.74, 6) is -1.85. The third-order valence-electron chi connectivity index (χ3n) is 5.23. The topological polar surface area (TPSA) is 145 Å². The van der Waals surface area contributed by atoms with Gasteiger partial charge in [0.1, 0.15) is 22.7 Å². The van der Waals surface area contributed by atoms with Gasteiger partial charge >= 0.3 is 11.3 Å². The number of nitrogens with zero attached hydrogens (tertiary/aromatic N) is 1. The largest absolute Gasteiger partial charge is 0.507 e. The van der Waals surface area contributed by atoms with E-state index in [1.807, 2.05) is 0 Å². The summed E-state index contributed by atoms with van der Waals surface area (Å²) in [6, 6.07) is 16.3. The van der Waals surface area contributed by atoms with Crippen LogP contribution in [-0.2, 0) is 0 Å². The van der Waals surface area contributed by atoms with E-state index in [-0.39, 0.29) is 74.9 Å². The number of aromatic hydroxyl groups is 2. The van der Waals surface area contributed by atoms with Crippen molar-refractivity contribution in [1.29, 1.82) is 0 Å². The zero-order chi connectivity index (χ0) is 21.5. The van der Waals surface area contributed by atoms with Crippen LogP contribution in [0.1, 0.15) is 22.6 Å². The molecule has 0 saturated carbocycles. The minimum absolute atomic E-state index is 0. The van der Waals surface area contributed by atoms with Gasteiger partial charge in [0.2, 0.25) is 0 Å². The predicted molar refractivity (Wildman–Crippen MR) is 117 cm³/mol. The van der Waals surface area contributed by atoms with Gasteiger partial charge in [0.25, 0.3) is 0 Å². The number of pyridine rings is 1. The fraction of sp³-hybridized carbons (Fsp3) is 0.0417. The van der Waals surface area contributed by atoms with E-state index >= 15 is 0 Å². The van der Waals surface area contributed by atoms with Crippen molar-refractivity contribution < 1.29 is 60.1 Å². The summed E-state index contributed by atoms with van der Waals surface area (Å²) in [6.07, 6.45) is 2.98. The second-order valence-electron chi connectivity index (χ2n) is 7.02. The fourth-order valence-electron chi connectivity index (χ4n) is 3.83. The van der Waals surface area contributed by atoms with Gasteiger partial charge in [-0.15, -0.1) is 0 Å².